The molecule has 10 heteroatoms. The Hall–Kier alpha value is -4.31. The van der Waals surface area contributed by atoms with Crippen LogP contribution >= 0.6 is 0 Å². The van der Waals surface area contributed by atoms with Gasteiger partial charge in [0.2, 0.25) is 10.0 Å². The largest absolute Gasteiger partial charge is 0.449 e. The van der Waals surface area contributed by atoms with Crippen molar-refractivity contribution in [1.82, 2.24) is 0 Å². The van der Waals surface area contributed by atoms with Crippen LogP contribution in [0, 0.1) is 0 Å². The average molecular weight is 493 g/mol. The lowest BCUT2D eigenvalue weighted by molar-refractivity contribution is -0.123. The Bertz CT molecular complexity index is 1500. The fraction of sp³-hybridized carbons (Fsp3) is 0.120. The molecule has 0 heterocycles. The number of carbonyl (C=O) groups is 4. The number of amides is 1. The quantitative estimate of drug-likeness (QED) is 0.395. The van der Waals surface area contributed by atoms with Gasteiger partial charge in [0.25, 0.3) is 5.91 Å². The normalized spacial score (nSPS) is 13.3. The van der Waals surface area contributed by atoms with E-state index in [0.717, 1.165) is 6.26 Å². The molecule has 3 aromatic rings. The van der Waals surface area contributed by atoms with Crippen molar-refractivity contribution in [3.8, 4) is 0 Å². The molecule has 2 N–H and O–H groups in total. The van der Waals surface area contributed by atoms with Crippen LogP contribution in [0.2, 0.25) is 0 Å². The number of hydrogen-bond acceptors (Lipinski definition) is 7. The number of nitrogens with one attached hydrogen (secondary N) is 2. The summed E-state index contributed by atoms with van der Waals surface area (Å²) in [4.78, 5) is 50.8. The molecule has 1 aliphatic carbocycles. The summed E-state index contributed by atoms with van der Waals surface area (Å²) in [7, 11) is -3.64. The molecule has 35 heavy (non-hydrogen) atoms. The Morgan fingerprint density at radius 1 is 0.829 bits per heavy atom. The second kappa shape index (κ2) is 9.15. The van der Waals surface area contributed by atoms with E-state index in [0.29, 0.717) is 5.56 Å². The molecule has 0 bridgehead atoms. The maximum atomic E-state index is 12.9. The SMILES string of the molecule is CC(OC(=O)c1ccccc1NS(C)(=O)=O)C(=O)Nc1ccc2c(c1)C(=O)c1ccccc1C2=O. The number of carbonyl (C=O) groups excluding carboxylic acids is 4. The van der Waals surface area contributed by atoms with Crippen LogP contribution in [-0.4, -0.2) is 44.2 Å². The van der Waals surface area contributed by atoms with Gasteiger partial charge in [-0.1, -0.05) is 36.4 Å². The van der Waals surface area contributed by atoms with Crippen LogP contribution in [0.15, 0.2) is 66.7 Å². The maximum Gasteiger partial charge on any atom is 0.341 e. The van der Waals surface area contributed by atoms with Gasteiger partial charge in [-0.3, -0.25) is 19.1 Å². The third-order valence-electron chi connectivity index (χ3n) is 5.29. The second-order valence-electron chi connectivity index (χ2n) is 7.92. The summed E-state index contributed by atoms with van der Waals surface area (Å²) >= 11 is 0. The zero-order valence-corrected chi connectivity index (χ0v) is 19.5. The standard InChI is InChI=1S/C25H20N2O7S/c1-14(34-25(31)19-9-5-6-10-21(19)27-35(2,32)33)24(30)26-15-11-12-18-20(13-15)23(29)17-8-4-3-7-16(17)22(18)28/h3-14,27H,1-2H3,(H,26,30). The molecule has 0 spiro atoms. The van der Waals surface area contributed by atoms with Crippen molar-refractivity contribution >= 4 is 44.8 Å². The average Bonchev–Trinajstić information content (AvgIpc) is 2.81. The third-order valence-corrected chi connectivity index (χ3v) is 5.88. The number of ether oxygens (including phenoxy) is 1. The Labute approximate surface area is 201 Å². The zero-order valence-electron chi connectivity index (χ0n) is 18.7. The topological polar surface area (TPSA) is 136 Å². The van der Waals surface area contributed by atoms with Gasteiger partial charge in [-0.05, 0) is 37.3 Å². The van der Waals surface area contributed by atoms with Crippen LogP contribution in [-0.2, 0) is 19.6 Å². The summed E-state index contributed by atoms with van der Waals surface area (Å²) in [5.41, 5.74) is 1.22. The highest BCUT2D eigenvalue weighted by Crippen LogP contribution is 2.29. The van der Waals surface area contributed by atoms with Gasteiger partial charge >= 0.3 is 5.97 Å². The Balaban J connectivity index is 1.49. The van der Waals surface area contributed by atoms with Gasteiger partial charge in [0, 0.05) is 27.9 Å². The lowest BCUT2D eigenvalue weighted by Gasteiger charge is -2.19. The number of sulfonamides is 1. The van der Waals surface area contributed by atoms with Crippen molar-refractivity contribution in [2.75, 3.05) is 16.3 Å². The Morgan fingerprint density at radius 2 is 1.40 bits per heavy atom. The number of esters is 1. The molecule has 1 unspecified atom stereocenters. The van der Waals surface area contributed by atoms with E-state index in [1.807, 2.05) is 0 Å². The molecule has 9 nitrogen and oxygen atoms in total. The summed E-state index contributed by atoms with van der Waals surface area (Å²) in [6.45, 7) is 1.35. The van der Waals surface area contributed by atoms with E-state index in [1.165, 1.54) is 43.3 Å². The first-order valence-corrected chi connectivity index (χ1v) is 12.4. The molecule has 0 fully saturated rings. The lowest BCUT2D eigenvalue weighted by atomic mass is 9.84. The van der Waals surface area contributed by atoms with E-state index in [2.05, 4.69) is 10.0 Å². The van der Waals surface area contributed by atoms with E-state index in [-0.39, 0.29) is 45.2 Å². The number of rotatable bonds is 6. The molecule has 0 saturated heterocycles. The summed E-state index contributed by atoms with van der Waals surface area (Å²) in [5, 5.41) is 2.57. The van der Waals surface area contributed by atoms with Crippen LogP contribution in [0.25, 0.3) is 0 Å². The van der Waals surface area contributed by atoms with Gasteiger partial charge in [0.15, 0.2) is 17.7 Å². The van der Waals surface area contributed by atoms with Gasteiger partial charge in [-0.25, -0.2) is 13.2 Å². The first-order chi connectivity index (χ1) is 16.5. The molecular weight excluding hydrogens is 472 g/mol. The number of para-hydroxylation sites is 1. The van der Waals surface area contributed by atoms with Crippen LogP contribution in [0.1, 0.15) is 49.1 Å². The van der Waals surface area contributed by atoms with E-state index in [1.54, 1.807) is 30.3 Å². The van der Waals surface area contributed by atoms with Gasteiger partial charge < -0.3 is 10.1 Å². The van der Waals surface area contributed by atoms with Crippen molar-refractivity contribution in [2.45, 2.75) is 13.0 Å². The molecule has 1 amide bonds. The molecular formula is C25H20N2O7S. The fourth-order valence-corrected chi connectivity index (χ4v) is 4.23. The van der Waals surface area contributed by atoms with Gasteiger partial charge in [0.05, 0.1) is 17.5 Å². The summed E-state index contributed by atoms with van der Waals surface area (Å²) < 4.78 is 30.5. The molecule has 0 aromatic heterocycles. The molecule has 1 atom stereocenters. The van der Waals surface area contributed by atoms with Crippen LogP contribution in [0.4, 0.5) is 11.4 Å². The number of fused-ring (bicyclic) bond motifs is 2. The third kappa shape index (κ3) is 4.97. The van der Waals surface area contributed by atoms with Gasteiger partial charge in [-0.15, -0.1) is 0 Å². The predicted molar refractivity (Wildman–Crippen MR) is 128 cm³/mol. The summed E-state index contributed by atoms with van der Waals surface area (Å²) in [6.07, 6.45) is -0.302. The Kier molecular flexibility index (Phi) is 6.23. The molecule has 0 radical (unpaired) electrons. The van der Waals surface area contributed by atoms with E-state index in [9.17, 15) is 27.6 Å². The highest BCUT2D eigenvalue weighted by Gasteiger charge is 2.30. The molecule has 4 rings (SSSR count). The molecule has 178 valence electrons. The van der Waals surface area contributed by atoms with Crippen LogP contribution in [0.3, 0.4) is 0 Å². The van der Waals surface area contributed by atoms with Gasteiger partial charge in [0.1, 0.15) is 0 Å². The second-order valence-corrected chi connectivity index (χ2v) is 9.67. The van der Waals surface area contributed by atoms with E-state index >= 15 is 0 Å². The fourth-order valence-electron chi connectivity index (χ4n) is 3.65. The highest BCUT2D eigenvalue weighted by molar-refractivity contribution is 7.92. The number of ketones is 2. The minimum Gasteiger partial charge on any atom is -0.449 e. The highest BCUT2D eigenvalue weighted by atomic mass is 32.2. The summed E-state index contributed by atoms with van der Waals surface area (Å²) in [6, 6.07) is 16.7. The number of benzene rings is 3. The smallest absolute Gasteiger partial charge is 0.341 e. The van der Waals surface area contributed by atoms with Crippen molar-refractivity contribution < 1.29 is 32.3 Å². The number of anilines is 2. The van der Waals surface area contributed by atoms with Crippen molar-refractivity contribution in [2.24, 2.45) is 0 Å². The summed E-state index contributed by atoms with van der Waals surface area (Å²) in [5.74, 6) is -2.19. The minimum atomic E-state index is -3.64. The molecule has 0 aliphatic heterocycles. The van der Waals surface area contributed by atoms with Crippen molar-refractivity contribution in [3.05, 3.63) is 94.5 Å². The van der Waals surface area contributed by atoms with Crippen LogP contribution in [0.5, 0.6) is 0 Å². The van der Waals surface area contributed by atoms with E-state index < -0.39 is 28.0 Å². The minimum absolute atomic E-state index is 0.0192. The zero-order chi connectivity index (χ0) is 25.3. The van der Waals surface area contributed by atoms with Crippen LogP contribution < -0.4 is 10.0 Å². The lowest BCUT2D eigenvalue weighted by Crippen LogP contribution is -2.30. The van der Waals surface area contributed by atoms with Crippen molar-refractivity contribution in [1.29, 1.82) is 0 Å². The van der Waals surface area contributed by atoms with E-state index in [4.69, 9.17) is 4.74 Å². The maximum absolute atomic E-state index is 12.9. The number of hydrogen-bond donors (Lipinski definition) is 2. The van der Waals surface area contributed by atoms with Crippen molar-refractivity contribution in [3.63, 3.8) is 0 Å². The first kappa shape index (κ1) is 23.8. The van der Waals surface area contributed by atoms with Gasteiger partial charge in [-0.2, -0.15) is 0 Å². The first-order valence-electron chi connectivity index (χ1n) is 10.5. The molecule has 3 aromatic carbocycles. The predicted octanol–water partition coefficient (Wildman–Crippen LogP) is 3.02. The Morgan fingerprint density at radius 3 is 2.06 bits per heavy atom. The molecule has 1 aliphatic rings. The monoisotopic (exact) mass is 492 g/mol. The molecule has 0 saturated carbocycles.